The Morgan fingerprint density at radius 3 is 2.63 bits per heavy atom. The predicted octanol–water partition coefficient (Wildman–Crippen LogP) is 3.76. The van der Waals surface area contributed by atoms with Gasteiger partial charge in [0.2, 0.25) is 17.8 Å². The number of anilines is 6. The average molecular weight is 604 g/mol. The van der Waals surface area contributed by atoms with Gasteiger partial charge in [-0.05, 0) is 42.0 Å². The Morgan fingerprint density at radius 2 is 1.91 bits per heavy atom. The molecule has 5 rings (SSSR count). The summed E-state index contributed by atoms with van der Waals surface area (Å²) in [7, 11) is 0. The highest BCUT2D eigenvalue weighted by Crippen LogP contribution is 2.33. The Balaban J connectivity index is 1.47. The Bertz CT molecular complexity index is 1720. The molecule has 222 valence electrons. The van der Waals surface area contributed by atoms with Crippen molar-refractivity contribution < 1.29 is 19.1 Å². The molecule has 1 aliphatic rings. The van der Waals surface area contributed by atoms with E-state index in [0.29, 0.717) is 66.5 Å². The van der Waals surface area contributed by atoms with Gasteiger partial charge in [-0.2, -0.15) is 4.98 Å². The van der Waals surface area contributed by atoms with Gasteiger partial charge < -0.3 is 36.6 Å². The van der Waals surface area contributed by atoms with Crippen LogP contribution >= 0.6 is 11.6 Å². The molecule has 6 N–H and O–H groups in total. The van der Waals surface area contributed by atoms with Crippen molar-refractivity contribution in [2.75, 3.05) is 52.5 Å². The van der Waals surface area contributed by atoms with Crippen LogP contribution in [0.2, 0.25) is 5.02 Å². The van der Waals surface area contributed by atoms with Gasteiger partial charge in [0.15, 0.2) is 11.5 Å². The maximum absolute atomic E-state index is 12.6. The lowest BCUT2D eigenvalue weighted by molar-refractivity contribution is -0.114. The van der Waals surface area contributed by atoms with E-state index in [4.69, 9.17) is 22.1 Å². The third-order valence-corrected chi connectivity index (χ3v) is 6.97. The fourth-order valence-electron chi connectivity index (χ4n) is 4.69. The maximum Gasteiger partial charge on any atom is 0.256 e. The molecule has 0 atom stereocenters. The third-order valence-electron chi connectivity index (χ3n) is 6.64. The van der Waals surface area contributed by atoms with Crippen LogP contribution < -0.4 is 31.9 Å². The summed E-state index contributed by atoms with van der Waals surface area (Å²) in [5.41, 5.74) is 9.43. The number of fused-ring (bicyclic) bond motifs is 1. The first-order valence-corrected chi connectivity index (χ1v) is 13.7. The number of aromatic nitrogens is 3. The molecule has 0 radical (unpaired) electrons. The summed E-state index contributed by atoms with van der Waals surface area (Å²) >= 11 is 6.24. The summed E-state index contributed by atoms with van der Waals surface area (Å²) in [5, 5.41) is 12.4. The van der Waals surface area contributed by atoms with Crippen molar-refractivity contribution in [3.63, 3.8) is 0 Å². The van der Waals surface area contributed by atoms with Crippen LogP contribution in [0.1, 0.15) is 22.8 Å². The fraction of sp³-hybridized carbons (Fsp3) is 0.207. The number of hydrogen-bond donors (Lipinski definition) is 5. The average Bonchev–Trinajstić information content (AvgIpc) is 3.47. The molecular formula is C29H30ClN9O4. The molecule has 2 aromatic carbocycles. The first-order chi connectivity index (χ1) is 20.7. The first-order valence-electron chi connectivity index (χ1n) is 13.4. The molecule has 3 heterocycles. The van der Waals surface area contributed by atoms with Crippen molar-refractivity contribution in [2.45, 2.75) is 13.5 Å². The fourth-order valence-corrected chi connectivity index (χ4v) is 4.85. The Morgan fingerprint density at radius 1 is 1.12 bits per heavy atom. The number of carbonyl (C=O) groups is 3. The summed E-state index contributed by atoms with van der Waals surface area (Å²) in [6.45, 7) is 7.76. The van der Waals surface area contributed by atoms with Crippen LogP contribution in [-0.4, -0.2) is 58.4 Å². The number of nitrogens with two attached hydrogens (primary N) is 1. The van der Waals surface area contributed by atoms with Gasteiger partial charge in [0.25, 0.3) is 5.91 Å². The standard InChI is InChI=1S/C29H30ClN9O4/c1-3-24(41)36-21-14-18(4-6-20(21)30)16-33-29-37-27(25(26(31)42)28-32-8-9-39(28)29)35-19-5-7-23(22(15-19)34-17(2)40)38-10-12-43-13-11-38/h3-9,14-15,35H,1,10-13,16H2,2H3,(H2,31,42)(H,33,37)(H,34,40)(H,36,41). The number of morpholine rings is 1. The molecule has 3 amide bonds. The lowest BCUT2D eigenvalue weighted by Gasteiger charge is -2.30. The van der Waals surface area contributed by atoms with Gasteiger partial charge in [0, 0.05) is 44.6 Å². The largest absolute Gasteiger partial charge is 0.378 e. The van der Waals surface area contributed by atoms with E-state index in [2.05, 4.69) is 42.7 Å². The molecule has 2 aromatic heterocycles. The van der Waals surface area contributed by atoms with Crippen LogP contribution in [0.15, 0.2) is 61.4 Å². The second kappa shape index (κ2) is 12.8. The van der Waals surface area contributed by atoms with Crippen LogP contribution in [0.4, 0.5) is 34.5 Å². The molecular weight excluding hydrogens is 574 g/mol. The Hall–Kier alpha value is -5.14. The SMILES string of the molecule is C=CC(=O)Nc1cc(CNc2nc(Nc3ccc(N4CCOCC4)c(NC(C)=O)c3)c(C(N)=O)c3nccn23)ccc1Cl. The number of rotatable bonds is 10. The lowest BCUT2D eigenvalue weighted by Crippen LogP contribution is -2.36. The summed E-state index contributed by atoms with van der Waals surface area (Å²) in [5.74, 6) is -0.770. The molecule has 4 aromatic rings. The number of hydrogen-bond acceptors (Lipinski definition) is 9. The van der Waals surface area contributed by atoms with Gasteiger partial charge in [0.05, 0.1) is 35.3 Å². The molecule has 13 nitrogen and oxygen atoms in total. The molecule has 14 heteroatoms. The Labute approximate surface area is 252 Å². The molecule has 1 saturated heterocycles. The number of benzene rings is 2. The summed E-state index contributed by atoms with van der Waals surface area (Å²) < 4.78 is 7.08. The number of amides is 3. The van der Waals surface area contributed by atoms with Gasteiger partial charge in [0.1, 0.15) is 5.56 Å². The quantitative estimate of drug-likeness (QED) is 0.169. The van der Waals surface area contributed by atoms with E-state index in [1.54, 1.807) is 34.9 Å². The van der Waals surface area contributed by atoms with Gasteiger partial charge in [-0.3, -0.25) is 18.8 Å². The smallest absolute Gasteiger partial charge is 0.256 e. The van der Waals surface area contributed by atoms with Crippen LogP contribution in [0.5, 0.6) is 0 Å². The molecule has 0 unspecified atom stereocenters. The lowest BCUT2D eigenvalue weighted by atomic mass is 10.2. The van der Waals surface area contributed by atoms with Crippen molar-refractivity contribution >= 4 is 69.5 Å². The number of halogens is 1. The van der Waals surface area contributed by atoms with Crippen LogP contribution in [0.3, 0.4) is 0 Å². The van der Waals surface area contributed by atoms with E-state index in [1.165, 1.54) is 13.1 Å². The van der Waals surface area contributed by atoms with E-state index in [1.807, 2.05) is 12.1 Å². The van der Waals surface area contributed by atoms with Gasteiger partial charge in [-0.15, -0.1) is 0 Å². The highest BCUT2D eigenvalue weighted by molar-refractivity contribution is 6.33. The van der Waals surface area contributed by atoms with E-state index in [0.717, 1.165) is 17.3 Å². The zero-order chi connectivity index (χ0) is 30.5. The minimum atomic E-state index is -0.718. The number of carbonyl (C=O) groups excluding carboxylic acids is 3. The minimum Gasteiger partial charge on any atom is -0.378 e. The third kappa shape index (κ3) is 6.68. The van der Waals surface area contributed by atoms with Crippen molar-refractivity contribution in [3.05, 3.63) is 77.6 Å². The number of ether oxygens (including phenoxy) is 1. The molecule has 0 bridgehead atoms. The van der Waals surface area contributed by atoms with E-state index < -0.39 is 5.91 Å². The molecule has 1 fully saturated rings. The second-order valence-corrected chi connectivity index (χ2v) is 10.0. The number of primary amides is 1. The molecule has 0 saturated carbocycles. The predicted molar refractivity (Wildman–Crippen MR) is 166 cm³/mol. The zero-order valence-electron chi connectivity index (χ0n) is 23.3. The van der Waals surface area contributed by atoms with Crippen LogP contribution in [-0.2, 0) is 20.9 Å². The molecule has 0 aliphatic carbocycles. The van der Waals surface area contributed by atoms with Crippen LogP contribution in [0, 0.1) is 0 Å². The summed E-state index contributed by atoms with van der Waals surface area (Å²) in [6.07, 6.45) is 4.35. The van der Waals surface area contributed by atoms with Gasteiger partial charge >= 0.3 is 0 Å². The van der Waals surface area contributed by atoms with Crippen molar-refractivity contribution in [1.29, 1.82) is 0 Å². The number of nitrogens with one attached hydrogen (secondary N) is 4. The van der Waals surface area contributed by atoms with Crippen molar-refractivity contribution in [3.8, 4) is 0 Å². The Kier molecular flexibility index (Phi) is 8.74. The monoisotopic (exact) mass is 603 g/mol. The maximum atomic E-state index is 12.6. The van der Waals surface area contributed by atoms with E-state index >= 15 is 0 Å². The van der Waals surface area contributed by atoms with E-state index in [9.17, 15) is 14.4 Å². The van der Waals surface area contributed by atoms with E-state index in [-0.39, 0.29) is 23.2 Å². The summed E-state index contributed by atoms with van der Waals surface area (Å²) in [4.78, 5) is 47.6. The molecule has 0 spiro atoms. The first kappa shape index (κ1) is 29.4. The van der Waals surface area contributed by atoms with Gasteiger partial charge in [-0.1, -0.05) is 24.2 Å². The topological polar surface area (TPSA) is 168 Å². The molecule has 1 aliphatic heterocycles. The minimum absolute atomic E-state index is 0.0924. The molecule has 43 heavy (non-hydrogen) atoms. The number of imidazole rings is 1. The van der Waals surface area contributed by atoms with Crippen molar-refractivity contribution in [1.82, 2.24) is 14.4 Å². The van der Waals surface area contributed by atoms with Crippen molar-refractivity contribution in [2.24, 2.45) is 5.73 Å². The second-order valence-electron chi connectivity index (χ2n) is 9.64. The summed E-state index contributed by atoms with van der Waals surface area (Å²) in [6, 6.07) is 10.7. The van der Waals surface area contributed by atoms with Crippen LogP contribution in [0.25, 0.3) is 5.65 Å². The number of nitrogens with zero attached hydrogens (tertiary/aromatic N) is 4. The normalized spacial score (nSPS) is 12.9. The zero-order valence-corrected chi connectivity index (χ0v) is 24.1. The highest BCUT2D eigenvalue weighted by Gasteiger charge is 2.21. The van der Waals surface area contributed by atoms with Gasteiger partial charge in [-0.25, -0.2) is 4.98 Å². The highest BCUT2D eigenvalue weighted by atomic mass is 35.5.